The second kappa shape index (κ2) is 4.53. The second-order valence-electron chi connectivity index (χ2n) is 2.90. The van der Waals surface area contributed by atoms with Gasteiger partial charge in [0.05, 0.1) is 11.3 Å². The Kier molecular flexibility index (Phi) is 3.57. The van der Waals surface area contributed by atoms with E-state index in [4.69, 9.17) is 16.7 Å². The molecule has 82 valence electrons. The SMILES string of the molecule is Cc1ncc(CCl)c(C(F)F)c1C(=O)O. The molecule has 1 aromatic rings. The Hall–Kier alpha value is -1.23. The number of pyridine rings is 1. The van der Waals surface area contributed by atoms with Crippen LogP contribution in [0.15, 0.2) is 6.20 Å². The third kappa shape index (κ3) is 2.23. The smallest absolute Gasteiger partial charge is 0.338 e. The molecule has 0 amide bonds. The highest BCUT2D eigenvalue weighted by Gasteiger charge is 2.24. The van der Waals surface area contributed by atoms with Gasteiger partial charge in [0.15, 0.2) is 0 Å². The van der Waals surface area contributed by atoms with E-state index in [1.54, 1.807) is 0 Å². The number of hydrogen-bond acceptors (Lipinski definition) is 2. The Balaban J connectivity index is 3.51. The lowest BCUT2D eigenvalue weighted by Crippen LogP contribution is -2.10. The maximum absolute atomic E-state index is 12.7. The number of alkyl halides is 3. The third-order valence-electron chi connectivity index (χ3n) is 1.97. The summed E-state index contributed by atoms with van der Waals surface area (Å²) in [7, 11) is 0. The van der Waals surface area contributed by atoms with Crippen molar-refractivity contribution in [3.63, 3.8) is 0 Å². The van der Waals surface area contributed by atoms with Crippen LogP contribution in [0, 0.1) is 6.92 Å². The Morgan fingerprint density at radius 1 is 1.67 bits per heavy atom. The fourth-order valence-corrected chi connectivity index (χ4v) is 1.50. The normalized spacial score (nSPS) is 10.7. The van der Waals surface area contributed by atoms with Crippen molar-refractivity contribution in [2.24, 2.45) is 0 Å². The molecule has 0 saturated carbocycles. The van der Waals surface area contributed by atoms with Gasteiger partial charge in [-0.3, -0.25) is 4.98 Å². The molecule has 0 aromatic carbocycles. The van der Waals surface area contributed by atoms with E-state index in [9.17, 15) is 13.6 Å². The highest BCUT2D eigenvalue weighted by molar-refractivity contribution is 6.17. The minimum absolute atomic E-state index is 0.0506. The van der Waals surface area contributed by atoms with Crippen LogP contribution in [0.5, 0.6) is 0 Å². The van der Waals surface area contributed by atoms with Crippen LogP contribution >= 0.6 is 11.6 Å². The summed E-state index contributed by atoms with van der Waals surface area (Å²) in [6.45, 7) is 1.37. The highest BCUT2D eigenvalue weighted by Crippen LogP contribution is 2.28. The van der Waals surface area contributed by atoms with Gasteiger partial charge >= 0.3 is 5.97 Å². The number of nitrogens with zero attached hydrogens (tertiary/aromatic N) is 1. The third-order valence-corrected chi connectivity index (χ3v) is 2.26. The zero-order chi connectivity index (χ0) is 11.6. The molecule has 6 heteroatoms. The van der Waals surface area contributed by atoms with Crippen molar-refractivity contribution >= 4 is 17.6 Å². The molecule has 0 radical (unpaired) electrons. The zero-order valence-corrected chi connectivity index (χ0v) is 8.55. The summed E-state index contributed by atoms with van der Waals surface area (Å²) in [5, 5.41) is 8.80. The molecular formula is C9H8ClF2NO2. The molecule has 1 heterocycles. The molecule has 0 spiro atoms. The van der Waals surface area contributed by atoms with Gasteiger partial charge in [-0.1, -0.05) is 0 Å². The summed E-state index contributed by atoms with van der Waals surface area (Å²) in [6, 6.07) is 0. The van der Waals surface area contributed by atoms with Gasteiger partial charge in [-0.05, 0) is 12.5 Å². The van der Waals surface area contributed by atoms with E-state index in [-0.39, 0.29) is 17.1 Å². The van der Waals surface area contributed by atoms with Crippen LogP contribution in [0.3, 0.4) is 0 Å². The Morgan fingerprint density at radius 2 is 2.27 bits per heavy atom. The Bertz CT molecular complexity index is 396. The average molecular weight is 236 g/mol. The van der Waals surface area contributed by atoms with Gasteiger partial charge in [0.2, 0.25) is 0 Å². The van der Waals surface area contributed by atoms with E-state index in [2.05, 4.69) is 4.98 Å². The molecule has 15 heavy (non-hydrogen) atoms. The Morgan fingerprint density at radius 3 is 2.67 bits per heavy atom. The first-order chi connectivity index (χ1) is 6.99. The van der Waals surface area contributed by atoms with Crippen LogP contribution in [0.1, 0.15) is 33.6 Å². The number of aromatic nitrogens is 1. The molecule has 1 rings (SSSR count). The summed E-state index contributed by atoms with van der Waals surface area (Å²) in [6.07, 6.45) is -1.69. The number of rotatable bonds is 3. The summed E-state index contributed by atoms with van der Waals surface area (Å²) in [5.41, 5.74) is -0.880. The lowest BCUT2D eigenvalue weighted by atomic mass is 10.0. The zero-order valence-electron chi connectivity index (χ0n) is 7.80. The van der Waals surface area contributed by atoms with Gasteiger partial charge in [0.1, 0.15) is 0 Å². The van der Waals surface area contributed by atoms with Gasteiger partial charge in [0.25, 0.3) is 6.43 Å². The number of halogens is 3. The van der Waals surface area contributed by atoms with Gasteiger partial charge in [-0.2, -0.15) is 0 Å². The maximum atomic E-state index is 12.7. The molecule has 0 bridgehead atoms. The van der Waals surface area contributed by atoms with Crippen LogP contribution in [0.4, 0.5) is 8.78 Å². The van der Waals surface area contributed by atoms with Crippen LogP contribution < -0.4 is 0 Å². The first-order valence-corrected chi connectivity index (χ1v) is 4.58. The Labute approximate surface area is 89.7 Å². The monoisotopic (exact) mass is 235 g/mol. The van der Waals surface area contributed by atoms with Gasteiger partial charge in [-0.15, -0.1) is 11.6 Å². The van der Waals surface area contributed by atoms with Crippen LogP contribution in [-0.2, 0) is 5.88 Å². The molecule has 1 aromatic heterocycles. The molecule has 0 fully saturated rings. The number of carboxylic acid groups (broad SMARTS) is 1. The molecule has 0 aliphatic heterocycles. The van der Waals surface area contributed by atoms with Crippen molar-refractivity contribution < 1.29 is 18.7 Å². The highest BCUT2D eigenvalue weighted by atomic mass is 35.5. The van der Waals surface area contributed by atoms with Gasteiger partial charge < -0.3 is 5.11 Å². The molecular weight excluding hydrogens is 228 g/mol. The van der Waals surface area contributed by atoms with E-state index in [0.717, 1.165) is 0 Å². The van der Waals surface area contributed by atoms with Crippen LogP contribution in [0.25, 0.3) is 0 Å². The topological polar surface area (TPSA) is 50.2 Å². The lowest BCUT2D eigenvalue weighted by Gasteiger charge is -2.11. The van der Waals surface area contributed by atoms with E-state index < -0.39 is 23.5 Å². The quantitative estimate of drug-likeness (QED) is 0.820. The summed E-state index contributed by atoms with van der Waals surface area (Å²) >= 11 is 5.44. The molecule has 0 aliphatic carbocycles. The van der Waals surface area contributed by atoms with Crippen molar-refractivity contribution in [1.29, 1.82) is 0 Å². The average Bonchev–Trinajstić information content (AvgIpc) is 2.16. The van der Waals surface area contributed by atoms with E-state index in [0.29, 0.717) is 0 Å². The predicted octanol–water partition coefficient (Wildman–Crippen LogP) is 2.76. The second-order valence-corrected chi connectivity index (χ2v) is 3.16. The van der Waals surface area contributed by atoms with Crippen molar-refractivity contribution in [3.05, 3.63) is 28.6 Å². The maximum Gasteiger partial charge on any atom is 0.338 e. The molecule has 0 unspecified atom stereocenters. The largest absolute Gasteiger partial charge is 0.478 e. The van der Waals surface area contributed by atoms with E-state index in [1.807, 2.05) is 0 Å². The lowest BCUT2D eigenvalue weighted by molar-refractivity contribution is 0.0682. The summed E-state index contributed by atoms with van der Waals surface area (Å²) in [4.78, 5) is 14.5. The predicted molar refractivity (Wildman–Crippen MR) is 50.4 cm³/mol. The first-order valence-electron chi connectivity index (χ1n) is 4.04. The summed E-state index contributed by atoms with van der Waals surface area (Å²) in [5.74, 6) is -1.60. The number of carbonyl (C=O) groups is 1. The standard InChI is InChI=1S/C9H8ClF2NO2/c1-4-6(9(14)15)7(8(11)12)5(2-10)3-13-4/h3,8H,2H2,1H3,(H,14,15). The molecule has 0 atom stereocenters. The van der Waals surface area contributed by atoms with Gasteiger partial charge in [-0.25, -0.2) is 13.6 Å². The number of carboxylic acids is 1. The van der Waals surface area contributed by atoms with E-state index >= 15 is 0 Å². The minimum atomic E-state index is -2.87. The van der Waals surface area contributed by atoms with Crippen molar-refractivity contribution in [2.75, 3.05) is 0 Å². The van der Waals surface area contributed by atoms with Crippen LogP contribution in [-0.4, -0.2) is 16.1 Å². The van der Waals surface area contributed by atoms with Crippen molar-refractivity contribution in [1.82, 2.24) is 4.98 Å². The van der Waals surface area contributed by atoms with E-state index in [1.165, 1.54) is 13.1 Å². The van der Waals surface area contributed by atoms with Gasteiger partial charge in [0, 0.05) is 17.6 Å². The van der Waals surface area contributed by atoms with Crippen LogP contribution in [0.2, 0.25) is 0 Å². The first kappa shape index (κ1) is 11.8. The number of aromatic carboxylic acids is 1. The molecule has 3 nitrogen and oxygen atoms in total. The molecule has 0 aliphatic rings. The fourth-order valence-electron chi connectivity index (χ4n) is 1.29. The molecule has 0 saturated heterocycles. The fraction of sp³-hybridized carbons (Fsp3) is 0.333. The summed E-state index contributed by atoms with van der Waals surface area (Å²) < 4.78 is 25.3. The van der Waals surface area contributed by atoms with Crippen molar-refractivity contribution in [3.8, 4) is 0 Å². The van der Waals surface area contributed by atoms with Crippen molar-refractivity contribution in [2.45, 2.75) is 19.2 Å². The number of hydrogen-bond donors (Lipinski definition) is 1. The molecule has 1 N–H and O–H groups in total. The number of aryl methyl sites for hydroxylation is 1. The minimum Gasteiger partial charge on any atom is -0.478 e.